The lowest BCUT2D eigenvalue weighted by atomic mass is 9.98. The normalized spacial score (nSPS) is 11.9. The predicted octanol–water partition coefficient (Wildman–Crippen LogP) is 4.61. The number of carbonyl (C=O) groups excluding carboxylic acids is 1. The Morgan fingerprint density at radius 3 is 2.21 bits per heavy atom. The molecule has 144 valence electrons. The first-order valence-electron chi connectivity index (χ1n) is 9.08. The van der Waals surface area contributed by atoms with Gasteiger partial charge in [-0.25, -0.2) is 0 Å². The summed E-state index contributed by atoms with van der Waals surface area (Å²) >= 11 is 0. The number of ether oxygens (including phenoxy) is 2. The molecule has 3 aromatic rings. The van der Waals surface area contributed by atoms with Crippen molar-refractivity contribution < 1.29 is 18.7 Å². The summed E-state index contributed by atoms with van der Waals surface area (Å²) in [5.41, 5.74) is 1.90. The van der Waals surface area contributed by atoms with Crippen LogP contribution in [0.1, 0.15) is 29.9 Å². The van der Waals surface area contributed by atoms with E-state index in [1.807, 2.05) is 55.5 Å². The molecule has 0 saturated heterocycles. The van der Waals surface area contributed by atoms with Gasteiger partial charge in [0.25, 0.3) is 0 Å². The van der Waals surface area contributed by atoms with E-state index in [0.29, 0.717) is 12.4 Å². The molecule has 0 radical (unpaired) electrons. The van der Waals surface area contributed by atoms with E-state index in [2.05, 4.69) is 5.32 Å². The molecule has 1 heterocycles. The van der Waals surface area contributed by atoms with E-state index in [-0.39, 0.29) is 11.9 Å². The van der Waals surface area contributed by atoms with E-state index in [1.54, 1.807) is 31.6 Å². The van der Waals surface area contributed by atoms with Crippen molar-refractivity contribution in [2.75, 3.05) is 13.7 Å². The van der Waals surface area contributed by atoms with E-state index in [0.717, 1.165) is 22.6 Å². The van der Waals surface area contributed by atoms with Gasteiger partial charge in [-0.2, -0.15) is 0 Å². The lowest BCUT2D eigenvalue weighted by Crippen LogP contribution is -2.27. The average molecular weight is 377 g/mol. The third kappa shape index (κ3) is 5.04. The zero-order valence-corrected chi connectivity index (χ0v) is 15.9. The Kier molecular flexibility index (Phi) is 6.52. The van der Waals surface area contributed by atoms with Crippen LogP contribution >= 0.6 is 0 Å². The summed E-state index contributed by atoms with van der Waals surface area (Å²) in [6.07, 6.45) is 4.67. The Labute approximate surface area is 164 Å². The summed E-state index contributed by atoms with van der Waals surface area (Å²) in [5.74, 6) is 1.96. The topological polar surface area (TPSA) is 60.7 Å². The van der Waals surface area contributed by atoms with E-state index >= 15 is 0 Å². The molecular formula is C23H23NO4. The highest BCUT2D eigenvalue weighted by atomic mass is 16.5. The van der Waals surface area contributed by atoms with Gasteiger partial charge < -0.3 is 19.2 Å². The number of rotatable bonds is 8. The summed E-state index contributed by atoms with van der Waals surface area (Å²) in [7, 11) is 1.63. The third-order valence-electron chi connectivity index (χ3n) is 4.20. The molecule has 0 unspecified atom stereocenters. The fourth-order valence-electron chi connectivity index (χ4n) is 2.81. The molecule has 5 heteroatoms. The van der Waals surface area contributed by atoms with Crippen molar-refractivity contribution in [2.24, 2.45) is 0 Å². The molecule has 0 saturated carbocycles. The molecular weight excluding hydrogens is 354 g/mol. The van der Waals surface area contributed by atoms with Crippen molar-refractivity contribution in [3.05, 3.63) is 89.9 Å². The van der Waals surface area contributed by atoms with Gasteiger partial charge in [0.1, 0.15) is 17.3 Å². The zero-order valence-electron chi connectivity index (χ0n) is 15.9. The molecule has 0 aliphatic rings. The molecule has 0 aliphatic heterocycles. The quantitative estimate of drug-likeness (QED) is 0.583. The summed E-state index contributed by atoms with van der Waals surface area (Å²) in [5, 5.41) is 3.05. The number of carbonyl (C=O) groups is 1. The molecule has 0 bridgehead atoms. The maximum Gasteiger partial charge on any atom is 0.244 e. The van der Waals surface area contributed by atoms with Crippen LogP contribution in [0.15, 0.2) is 77.4 Å². The molecule has 28 heavy (non-hydrogen) atoms. The number of nitrogens with one attached hydrogen (secondary N) is 1. The maximum atomic E-state index is 12.5. The Morgan fingerprint density at radius 2 is 1.68 bits per heavy atom. The van der Waals surface area contributed by atoms with Crippen LogP contribution in [-0.2, 0) is 4.79 Å². The highest BCUT2D eigenvalue weighted by molar-refractivity contribution is 5.91. The number of furan rings is 1. The number of hydrogen-bond acceptors (Lipinski definition) is 4. The largest absolute Gasteiger partial charge is 0.497 e. The minimum atomic E-state index is -0.310. The van der Waals surface area contributed by atoms with Crippen molar-refractivity contribution in [3.63, 3.8) is 0 Å². The van der Waals surface area contributed by atoms with Crippen LogP contribution in [0.5, 0.6) is 11.5 Å². The van der Waals surface area contributed by atoms with Gasteiger partial charge in [0, 0.05) is 6.08 Å². The van der Waals surface area contributed by atoms with Gasteiger partial charge in [-0.1, -0.05) is 24.3 Å². The maximum absolute atomic E-state index is 12.5. The minimum Gasteiger partial charge on any atom is -0.497 e. The Balaban J connectivity index is 1.83. The van der Waals surface area contributed by atoms with Crippen molar-refractivity contribution in [1.29, 1.82) is 0 Å². The molecule has 0 spiro atoms. The van der Waals surface area contributed by atoms with E-state index < -0.39 is 0 Å². The zero-order chi connectivity index (χ0) is 19.8. The first-order valence-corrected chi connectivity index (χ1v) is 9.08. The third-order valence-corrected chi connectivity index (χ3v) is 4.20. The van der Waals surface area contributed by atoms with Gasteiger partial charge in [0.2, 0.25) is 5.91 Å². The number of hydrogen-bond donors (Lipinski definition) is 1. The van der Waals surface area contributed by atoms with Gasteiger partial charge in [-0.3, -0.25) is 4.79 Å². The van der Waals surface area contributed by atoms with Crippen LogP contribution < -0.4 is 14.8 Å². The lowest BCUT2D eigenvalue weighted by molar-refractivity contribution is -0.116. The van der Waals surface area contributed by atoms with E-state index in [4.69, 9.17) is 13.9 Å². The van der Waals surface area contributed by atoms with Gasteiger partial charge in [0.05, 0.1) is 26.0 Å². The predicted molar refractivity (Wildman–Crippen MR) is 108 cm³/mol. The van der Waals surface area contributed by atoms with Crippen molar-refractivity contribution in [2.45, 2.75) is 13.0 Å². The molecule has 3 rings (SSSR count). The Morgan fingerprint density at radius 1 is 1.04 bits per heavy atom. The first kappa shape index (κ1) is 19.3. The van der Waals surface area contributed by atoms with Gasteiger partial charge in [-0.05, 0) is 60.5 Å². The second kappa shape index (κ2) is 9.46. The molecule has 2 aromatic carbocycles. The summed E-state index contributed by atoms with van der Waals surface area (Å²) in [6.45, 7) is 2.55. The molecule has 1 aromatic heterocycles. The standard InChI is InChI=1S/C23H23NO4/c1-3-27-21-12-8-18(9-13-21)23(17-6-10-19(26-2)11-7-17)24-22(25)15-14-20-5-4-16-28-20/h4-16,23H,3H2,1-2H3,(H,24,25)/b15-14-/t23-/m0/s1. The van der Waals surface area contributed by atoms with Crippen LogP contribution in [0.2, 0.25) is 0 Å². The number of amides is 1. The SMILES string of the molecule is CCOc1ccc([C@@H](NC(=O)/C=C\c2ccco2)c2ccc(OC)cc2)cc1. The van der Waals surface area contributed by atoms with Crippen molar-refractivity contribution in [1.82, 2.24) is 5.32 Å². The Bertz CT molecular complexity index is 897. The monoisotopic (exact) mass is 377 g/mol. The van der Waals surface area contributed by atoms with Crippen molar-refractivity contribution >= 4 is 12.0 Å². The number of benzene rings is 2. The first-order chi connectivity index (χ1) is 13.7. The molecule has 0 fully saturated rings. The average Bonchev–Trinajstić information content (AvgIpc) is 3.25. The van der Waals surface area contributed by atoms with Gasteiger partial charge >= 0.3 is 0 Å². The minimum absolute atomic E-state index is 0.217. The number of methoxy groups -OCH3 is 1. The van der Waals surface area contributed by atoms with Crippen LogP contribution in [0, 0.1) is 0 Å². The smallest absolute Gasteiger partial charge is 0.244 e. The molecule has 1 atom stereocenters. The fraction of sp³-hybridized carbons (Fsp3) is 0.174. The molecule has 1 amide bonds. The molecule has 0 aliphatic carbocycles. The van der Waals surface area contributed by atoms with Crippen molar-refractivity contribution in [3.8, 4) is 11.5 Å². The van der Waals surface area contributed by atoms with E-state index in [9.17, 15) is 4.79 Å². The van der Waals surface area contributed by atoms with Gasteiger partial charge in [0.15, 0.2) is 0 Å². The lowest BCUT2D eigenvalue weighted by Gasteiger charge is -2.20. The highest BCUT2D eigenvalue weighted by Crippen LogP contribution is 2.26. The van der Waals surface area contributed by atoms with Crippen LogP contribution in [0.3, 0.4) is 0 Å². The second-order valence-corrected chi connectivity index (χ2v) is 6.07. The summed E-state index contributed by atoms with van der Waals surface area (Å²) in [4.78, 5) is 12.5. The van der Waals surface area contributed by atoms with Crippen LogP contribution in [-0.4, -0.2) is 19.6 Å². The van der Waals surface area contributed by atoms with Gasteiger partial charge in [-0.15, -0.1) is 0 Å². The summed E-state index contributed by atoms with van der Waals surface area (Å²) in [6, 6.07) is 18.6. The van der Waals surface area contributed by atoms with Crippen LogP contribution in [0.25, 0.3) is 6.08 Å². The molecule has 1 N–H and O–H groups in total. The van der Waals surface area contributed by atoms with Crippen LogP contribution in [0.4, 0.5) is 0 Å². The highest BCUT2D eigenvalue weighted by Gasteiger charge is 2.16. The molecule has 5 nitrogen and oxygen atoms in total. The summed E-state index contributed by atoms with van der Waals surface area (Å²) < 4.78 is 16.0. The van der Waals surface area contributed by atoms with E-state index in [1.165, 1.54) is 6.08 Å². The fourth-order valence-corrected chi connectivity index (χ4v) is 2.81. The Hall–Kier alpha value is -3.47. The second-order valence-electron chi connectivity index (χ2n) is 6.07.